The molecule has 3 atom stereocenters. The van der Waals surface area contributed by atoms with E-state index in [1.165, 1.54) is 6.08 Å². The zero-order valence-corrected chi connectivity index (χ0v) is 16.5. The highest BCUT2D eigenvalue weighted by molar-refractivity contribution is 5.91. The van der Waals surface area contributed by atoms with Gasteiger partial charge in [-0.15, -0.1) is 0 Å². The van der Waals surface area contributed by atoms with Crippen LogP contribution in [0.2, 0.25) is 0 Å². The second-order valence-electron chi connectivity index (χ2n) is 8.16. The van der Waals surface area contributed by atoms with Crippen LogP contribution in [0.3, 0.4) is 0 Å². The number of piperidine rings is 1. The van der Waals surface area contributed by atoms with Crippen LogP contribution in [0.1, 0.15) is 24.8 Å². The number of nitrogens with zero attached hydrogens (tertiary/aromatic N) is 2. The van der Waals surface area contributed by atoms with Gasteiger partial charge in [0.1, 0.15) is 5.82 Å². The first-order valence-electron chi connectivity index (χ1n) is 10.4. The van der Waals surface area contributed by atoms with Crippen molar-refractivity contribution in [2.24, 2.45) is 17.8 Å². The predicted molar refractivity (Wildman–Crippen MR) is 110 cm³/mol. The number of ether oxygens (including phenoxy) is 1. The Hall–Kier alpha value is -2.61. The number of anilines is 1. The van der Waals surface area contributed by atoms with E-state index in [9.17, 15) is 9.59 Å². The molecule has 3 fully saturated rings. The highest BCUT2D eigenvalue weighted by Crippen LogP contribution is 2.53. The summed E-state index contributed by atoms with van der Waals surface area (Å²) in [7, 11) is 0. The normalized spacial score (nSPS) is 26.3. The lowest BCUT2D eigenvalue weighted by atomic mass is 10.1. The molecule has 8 nitrogen and oxygen atoms in total. The number of hydrogen-bond acceptors (Lipinski definition) is 5. The Balaban J connectivity index is 1.11. The van der Waals surface area contributed by atoms with Crippen molar-refractivity contribution in [1.29, 1.82) is 0 Å². The quantitative estimate of drug-likeness (QED) is 0.624. The number of nitrogens with two attached hydrogens (primary N) is 1. The SMILES string of the molecule is Nc1ccc(/C=C/C(=O)NCCC2[C@H]3CN(C(=O)NC4CCOCC4)C[C@@H]23)cn1. The van der Waals surface area contributed by atoms with Gasteiger partial charge < -0.3 is 26.0 Å². The fourth-order valence-electron chi connectivity index (χ4n) is 4.46. The van der Waals surface area contributed by atoms with E-state index in [4.69, 9.17) is 10.5 Å². The highest BCUT2D eigenvalue weighted by atomic mass is 16.5. The predicted octanol–water partition coefficient (Wildman–Crippen LogP) is 1.25. The molecular formula is C21H29N5O3. The zero-order chi connectivity index (χ0) is 20.2. The van der Waals surface area contributed by atoms with Gasteiger partial charge in [0.05, 0.1) is 0 Å². The molecule has 4 N–H and O–H groups in total. The topological polar surface area (TPSA) is 110 Å². The van der Waals surface area contributed by atoms with Gasteiger partial charge in [-0.3, -0.25) is 4.79 Å². The Bertz CT molecular complexity index is 748. The maximum Gasteiger partial charge on any atom is 0.317 e. The number of nitrogens with one attached hydrogen (secondary N) is 2. The van der Waals surface area contributed by atoms with Gasteiger partial charge in [0, 0.05) is 51.2 Å². The molecule has 2 aliphatic heterocycles. The molecule has 1 aliphatic carbocycles. The molecule has 0 spiro atoms. The van der Waals surface area contributed by atoms with E-state index in [1.807, 2.05) is 11.0 Å². The minimum atomic E-state index is -0.106. The van der Waals surface area contributed by atoms with Gasteiger partial charge in [0.15, 0.2) is 0 Å². The van der Waals surface area contributed by atoms with Crippen LogP contribution in [-0.4, -0.2) is 60.7 Å². The largest absolute Gasteiger partial charge is 0.384 e. The molecule has 3 aliphatic rings. The summed E-state index contributed by atoms with van der Waals surface area (Å²) < 4.78 is 5.33. The Labute approximate surface area is 170 Å². The maximum atomic E-state index is 12.4. The second kappa shape index (κ2) is 8.82. The average molecular weight is 399 g/mol. The summed E-state index contributed by atoms with van der Waals surface area (Å²) in [6.45, 7) is 3.80. The third kappa shape index (κ3) is 5.06. The fourth-order valence-corrected chi connectivity index (χ4v) is 4.46. The molecule has 2 saturated heterocycles. The summed E-state index contributed by atoms with van der Waals surface area (Å²) in [5, 5.41) is 6.07. The maximum absolute atomic E-state index is 12.4. The molecule has 0 bridgehead atoms. The van der Waals surface area contributed by atoms with E-state index in [1.54, 1.807) is 18.3 Å². The van der Waals surface area contributed by atoms with Gasteiger partial charge in [0.2, 0.25) is 5.91 Å². The van der Waals surface area contributed by atoms with Crippen molar-refractivity contribution in [3.63, 3.8) is 0 Å². The van der Waals surface area contributed by atoms with E-state index in [0.717, 1.165) is 51.1 Å². The number of nitrogen functional groups attached to an aromatic ring is 1. The van der Waals surface area contributed by atoms with Crippen LogP contribution in [0.15, 0.2) is 24.4 Å². The molecule has 1 aromatic rings. The van der Waals surface area contributed by atoms with Crippen LogP contribution in [0.5, 0.6) is 0 Å². The van der Waals surface area contributed by atoms with E-state index < -0.39 is 0 Å². The first kappa shape index (κ1) is 19.7. The summed E-state index contributed by atoms with van der Waals surface area (Å²) in [4.78, 5) is 30.3. The summed E-state index contributed by atoms with van der Waals surface area (Å²) in [6.07, 6.45) is 7.64. The molecule has 8 heteroatoms. The Kier molecular flexibility index (Phi) is 5.99. The number of likely N-dealkylation sites (tertiary alicyclic amines) is 1. The molecule has 3 amide bonds. The molecule has 156 valence electrons. The number of pyridine rings is 1. The smallest absolute Gasteiger partial charge is 0.317 e. The Morgan fingerprint density at radius 2 is 2.00 bits per heavy atom. The van der Waals surface area contributed by atoms with Crippen molar-refractivity contribution in [3.05, 3.63) is 30.0 Å². The summed E-state index contributed by atoms with van der Waals surface area (Å²) in [5.74, 6) is 2.14. The van der Waals surface area contributed by atoms with Crippen molar-refractivity contribution in [1.82, 2.24) is 20.5 Å². The van der Waals surface area contributed by atoms with Crippen LogP contribution in [0.25, 0.3) is 6.08 Å². The van der Waals surface area contributed by atoms with Gasteiger partial charge in [-0.25, -0.2) is 9.78 Å². The van der Waals surface area contributed by atoms with Crippen molar-refractivity contribution in [3.8, 4) is 0 Å². The molecule has 3 heterocycles. The van der Waals surface area contributed by atoms with Gasteiger partial charge in [0.25, 0.3) is 0 Å². The average Bonchev–Trinajstić information content (AvgIpc) is 3.17. The lowest BCUT2D eigenvalue weighted by Crippen LogP contribution is -2.46. The number of rotatable bonds is 6. The van der Waals surface area contributed by atoms with Crippen LogP contribution in [0.4, 0.5) is 10.6 Å². The monoisotopic (exact) mass is 399 g/mol. The van der Waals surface area contributed by atoms with Gasteiger partial charge in [-0.2, -0.15) is 0 Å². The van der Waals surface area contributed by atoms with Gasteiger partial charge in [-0.05, 0) is 60.8 Å². The molecular weight excluding hydrogens is 370 g/mol. The molecule has 29 heavy (non-hydrogen) atoms. The molecule has 1 saturated carbocycles. The molecule has 0 radical (unpaired) electrons. The van der Waals surface area contributed by atoms with Crippen molar-refractivity contribution >= 4 is 23.8 Å². The van der Waals surface area contributed by atoms with Crippen molar-refractivity contribution < 1.29 is 14.3 Å². The minimum absolute atomic E-state index is 0.0680. The standard InChI is InChI=1S/C21H29N5O3/c22-19-3-1-14(11-24-19)2-4-20(27)23-8-5-16-17-12-26(13-18(16)17)21(28)25-15-6-9-29-10-7-15/h1-4,11,15-18H,5-10,12-13H2,(H2,22,24)(H,23,27)(H,25,28)/b4-2+/t16?,17-,18+. The van der Waals surface area contributed by atoms with E-state index in [0.29, 0.717) is 30.1 Å². The van der Waals surface area contributed by atoms with E-state index in [-0.39, 0.29) is 18.0 Å². The molecule has 1 unspecified atom stereocenters. The van der Waals surface area contributed by atoms with Gasteiger partial charge in [-0.1, -0.05) is 0 Å². The lowest BCUT2D eigenvalue weighted by Gasteiger charge is -2.27. The zero-order valence-electron chi connectivity index (χ0n) is 16.5. The molecule has 4 rings (SSSR count). The first-order chi connectivity index (χ1) is 14.1. The Morgan fingerprint density at radius 3 is 2.69 bits per heavy atom. The number of amides is 3. The van der Waals surface area contributed by atoms with Crippen molar-refractivity contribution in [2.45, 2.75) is 25.3 Å². The number of hydrogen-bond donors (Lipinski definition) is 3. The summed E-state index contributed by atoms with van der Waals surface area (Å²) in [6, 6.07) is 3.84. The van der Waals surface area contributed by atoms with Gasteiger partial charge >= 0.3 is 6.03 Å². The van der Waals surface area contributed by atoms with Crippen LogP contribution in [-0.2, 0) is 9.53 Å². The third-order valence-electron chi connectivity index (χ3n) is 6.22. The number of carbonyl (C=O) groups is 2. The van der Waals surface area contributed by atoms with Crippen LogP contribution in [0, 0.1) is 17.8 Å². The number of fused-ring (bicyclic) bond motifs is 1. The third-order valence-corrected chi connectivity index (χ3v) is 6.22. The van der Waals surface area contributed by atoms with Crippen LogP contribution < -0.4 is 16.4 Å². The minimum Gasteiger partial charge on any atom is -0.384 e. The van der Waals surface area contributed by atoms with E-state index >= 15 is 0 Å². The Morgan fingerprint density at radius 1 is 1.24 bits per heavy atom. The summed E-state index contributed by atoms with van der Waals surface area (Å²) in [5.41, 5.74) is 6.38. The number of aromatic nitrogens is 1. The van der Waals surface area contributed by atoms with E-state index in [2.05, 4.69) is 15.6 Å². The molecule has 0 aromatic carbocycles. The molecule has 1 aromatic heterocycles. The van der Waals surface area contributed by atoms with Crippen LogP contribution >= 0.6 is 0 Å². The second-order valence-corrected chi connectivity index (χ2v) is 8.16. The highest BCUT2D eigenvalue weighted by Gasteiger charge is 2.55. The van der Waals surface area contributed by atoms with Crippen molar-refractivity contribution in [2.75, 3.05) is 38.6 Å². The first-order valence-corrected chi connectivity index (χ1v) is 10.4. The summed E-state index contributed by atoms with van der Waals surface area (Å²) >= 11 is 0. The number of carbonyl (C=O) groups excluding carboxylic acids is 2. The fraction of sp³-hybridized carbons (Fsp3) is 0.571. The lowest BCUT2D eigenvalue weighted by molar-refractivity contribution is -0.116. The number of urea groups is 1.